The smallest absolute Gasteiger partial charge is 0.159 e. The van der Waals surface area contributed by atoms with Crippen LogP contribution in [0.15, 0.2) is 170 Å². The molecule has 0 fully saturated rings. The van der Waals surface area contributed by atoms with E-state index in [9.17, 15) is 0 Å². The predicted molar refractivity (Wildman–Crippen MR) is 269 cm³/mol. The molecule has 4 heteroatoms. The van der Waals surface area contributed by atoms with E-state index in [0.717, 1.165) is 81.2 Å². The van der Waals surface area contributed by atoms with Gasteiger partial charge in [-0.1, -0.05) is 128 Å². The van der Waals surface area contributed by atoms with Crippen molar-refractivity contribution in [3.63, 3.8) is 0 Å². The lowest BCUT2D eigenvalue weighted by molar-refractivity contribution is 0.652. The summed E-state index contributed by atoms with van der Waals surface area (Å²) in [5.41, 5.74) is 23.7. The third-order valence-electron chi connectivity index (χ3n) is 14.8. The van der Waals surface area contributed by atoms with Gasteiger partial charge in [0.2, 0.25) is 0 Å². The summed E-state index contributed by atoms with van der Waals surface area (Å²) in [6, 6.07) is 38.0. The van der Waals surface area contributed by atoms with Crippen LogP contribution in [0.25, 0.3) is 56.0 Å². The first-order chi connectivity index (χ1) is 31.3. The van der Waals surface area contributed by atoms with E-state index in [4.69, 9.17) is 8.83 Å². The minimum absolute atomic E-state index is 0.121. The molecule has 0 saturated carbocycles. The Bertz CT molecular complexity index is 3480. The fourth-order valence-electron chi connectivity index (χ4n) is 11.1. The topological polar surface area (TPSA) is 32.8 Å². The van der Waals surface area contributed by atoms with Crippen LogP contribution in [0.2, 0.25) is 0 Å². The zero-order chi connectivity index (χ0) is 43.4. The van der Waals surface area contributed by atoms with Crippen molar-refractivity contribution in [3.05, 3.63) is 201 Å². The van der Waals surface area contributed by atoms with Crippen molar-refractivity contribution in [2.45, 2.75) is 73.1 Å². The largest absolute Gasteiger partial charge is 0.454 e. The van der Waals surface area contributed by atoms with Gasteiger partial charge in [-0.25, -0.2) is 0 Å². The summed E-state index contributed by atoms with van der Waals surface area (Å²) in [5.74, 6) is 0.332. The maximum atomic E-state index is 6.99. The Balaban J connectivity index is 1.08. The number of furan rings is 2. The average Bonchev–Trinajstić information content (AvgIpc) is 3.91. The Labute approximate surface area is 375 Å². The second-order valence-electron chi connectivity index (χ2n) is 18.3. The summed E-state index contributed by atoms with van der Waals surface area (Å²) in [6.45, 7) is 13.4. The molecule has 314 valence electrons. The van der Waals surface area contributed by atoms with Crippen LogP contribution >= 0.6 is 0 Å². The number of allylic oxidation sites excluding steroid dienone is 9. The van der Waals surface area contributed by atoms with E-state index in [-0.39, 0.29) is 11.8 Å². The average molecular weight is 833 g/mol. The van der Waals surface area contributed by atoms with Gasteiger partial charge in [-0.15, -0.1) is 0 Å². The molecule has 6 aromatic carbocycles. The molecule has 0 saturated heterocycles. The van der Waals surface area contributed by atoms with Crippen molar-refractivity contribution in [2.24, 2.45) is 5.92 Å². The number of hydrogen-bond acceptors (Lipinski definition) is 4. The first-order valence-corrected chi connectivity index (χ1v) is 23.2. The molecule has 4 nitrogen and oxygen atoms in total. The van der Waals surface area contributed by atoms with E-state index < -0.39 is 0 Å². The fourth-order valence-corrected chi connectivity index (χ4v) is 11.1. The van der Waals surface area contributed by atoms with Crippen LogP contribution in [-0.4, -0.2) is 0 Å². The van der Waals surface area contributed by atoms with Gasteiger partial charge in [0.1, 0.15) is 11.2 Å². The van der Waals surface area contributed by atoms with Gasteiger partial charge in [-0.3, -0.25) is 0 Å². The summed E-state index contributed by atoms with van der Waals surface area (Å²) in [4.78, 5) is 4.99. The number of hydrogen-bond donors (Lipinski definition) is 0. The molecule has 2 heterocycles. The number of fused-ring (bicyclic) bond motifs is 6. The highest BCUT2D eigenvalue weighted by Crippen LogP contribution is 2.54. The second-order valence-corrected chi connectivity index (χ2v) is 18.3. The second kappa shape index (κ2) is 14.8. The number of nitrogens with zero attached hydrogens (tertiary/aromatic N) is 2. The Kier molecular flexibility index (Phi) is 8.92. The Hall–Kier alpha value is -7.04. The quantitative estimate of drug-likeness (QED) is 0.153. The van der Waals surface area contributed by atoms with E-state index in [1.54, 1.807) is 0 Å². The van der Waals surface area contributed by atoms with Crippen molar-refractivity contribution in [1.82, 2.24) is 0 Å². The molecule has 0 aliphatic heterocycles. The molecule has 0 spiro atoms. The van der Waals surface area contributed by atoms with Gasteiger partial charge in [0.05, 0.1) is 17.1 Å². The van der Waals surface area contributed by atoms with E-state index in [0.29, 0.717) is 0 Å². The van der Waals surface area contributed by atoms with Crippen molar-refractivity contribution >= 4 is 78.8 Å². The van der Waals surface area contributed by atoms with Crippen LogP contribution in [0.3, 0.4) is 0 Å². The highest BCUT2D eigenvalue weighted by molar-refractivity contribution is 6.12. The maximum absolute atomic E-state index is 6.99. The van der Waals surface area contributed by atoms with Gasteiger partial charge in [-0.2, -0.15) is 0 Å². The number of aryl methyl sites for hydroxylation is 4. The molecule has 64 heavy (non-hydrogen) atoms. The zero-order valence-electron chi connectivity index (χ0n) is 37.6. The van der Waals surface area contributed by atoms with Crippen LogP contribution in [0.1, 0.15) is 85.4 Å². The van der Waals surface area contributed by atoms with Crippen LogP contribution in [0, 0.1) is 19.8 Å². The predicted octanol–water partition coefficient (Wildman–Crippen LogP) is 16.8. The van der Waals surface area contributed by atoms with Crippen molar-refractivity contribution in [3.8, 4) is 0 Å². The Morgan fingerprint density at radius 2 is 1.19 bits per heavy atom. The van der Waals surface area contributed by atoms with Crippen LogP contribution < -0.4 is 9.80 Å². The third-order valence-corrected chi connectivity index (χ3v) is 14.8. The van der Waals surface area contributed by atoms with Gasteiger partial charge >= 0.3 is 0 Å². The molecule has 2 atom stereocenters. The highest BCUT2D eigenvalue weighted by Gasteiger charge is 2.39. The number of para-hydroxylation sites is 4. The molecule has 4 aliphatic rings. The van der Waals surface area contributed by atoms with Gasteiger partial charge in [0.15, 0.2) is 11.2 Å². The molecule has 4 aliphatic carbocycles. The summed E-state index contributed by atoms with van der Waals surface area (Å²) in [7, 11) is 0. The van der Waals surface area contributed by atoms with Crippen LogP contribution in [0.5, 0.6) is 0 Å². The standard InChI is InChI=1S/C60H52N2O2/c1-7-39-13-9-15-45-47-17-11-19-53(59(47)63-57(39)45)61(43-27-21-35(3)37(5)33-43)51-31-25-41-24-30-50-52(32-26-42-23-29-49(51)55(41)56(42)50)62(44-28-22-36(4)38(6)34-44)54-20-12-18-48-46-16-10-14-40(8-2)58(46)64-60(48)54/h9-21,23-27,29-34,41,55H,7-8,22,28H2,1-6H3. The molecule has 12 rings (SSSR count). The molecule has 2 aromatic heterocycles. The highest BCUT2D eigenvalue weighted by atomic mass is 16.3. The lowest BCUT2D eigenvalue weighted by Gasteiger charge is -2.41. The normalized spacial score (nSPS) is 17.6. The van der Waals surface area contributed by atoms with Crippen LogP contribution in [-0.2, 0) is 12.8 Å². The fraction of sp³-hybridized carbons (Fsp3) is 0.200. The summed E-state index contributed by atoms with van der Waals surface area (Å²) >= 11 is 0. The molecule has 0 radical (unpaired) electrons. The van der Waals surface area contributed by atoms with Crippen LogP contribution in [0.4, 0.5) is 22.7 Å². The maximum Gasteiger partial charge on any atom is 0.159 e. The molecular formula is C60H52N2O2. The van der Waals surface area contributed by atoms with Gasteiger partial charge in [0, 0.05) is 56.0 Å². The lowest BCUT2D eigenvalue weighted by atomic mass is 9.68. The molecule has 0 bridgehead atoms. The Morgan fingerprint density at radius 1 is 0.562 bits per heavy atom. The van der Waals surface area contributed by atoms with Gasteiger partial charge < -0.3 is 18.6 Å². The number of rotatable bonds is 8. The van der Waals surface area contributed by atoms with Crippen molar-refractivity contribution in [1.29, 1.82) is 0 Å². The van der Waals surface area contributed by atoms with E-state index in [1.165, 1.54) is 78.1 Å². The van der Waals surface area contributed by atoms with E-state index >= 15 is 0 Å². The minimum Gasteiger partial charge on any atom is -0.454 e. The first-order valence-electron chi connectivity index (χ1n) is 23.2. The summed E-state index contributed by atoms with van der Waals surface area (Å²) in [6.07, 6.45) is 20.6. The zero-order valence-corrected chi connectivity index (χ0v) is 37.6. The number of anilines is 4. The molecule has 0 N–H and O–H groups in total. The lowest BCUT2D eigenvalue weighted by Crippen LogP contribution is -2.28. The minimum atomic E-state index is 0.121. The summed E-state index contributed by atoms with van der Waals surface area (Å²) in [5, 5.41) is 4.63. The first kappa shape index (κ1) is 38.6. The number of benzene rings is 6. The van der Waals surface area contributed by atoms with E-state index in [1.807, 2.05) is 0 Å². The van der Waals surface area contributed by atoms with Gasteiger partial charge in [-0.05, 0) is 135 Å². The van der Waals surface area contributed by atoms with Crippen molar-refractivity contribution in [2.75, 3.05) is 9.80 Å². The molecule has 0 amide bonds. The SMILES string of the molecule is CCc1cccc2c1oc1c(N(C3=C4C=Cc5ccc(N(C6=CC(C)=C(C)CC6)c6cccc7c6oc6c(CC)cccc67)c6c5C4C(C=C3)C=C6)c3ccc(C)c(C)c3)cccc12. The third kappa shape index (κ3) is 5.74. The summed E-state index contributed by atoms with van der Waals surface area (Å²) < 4.78 is 14.0. The van der Waals surface area contributed by atoms with Gasteiger partial charge in [0.25, 0.3) is 0 Å². The molecule has 8 aromatic rings. The molecule has 2 unspecified atom stereocenters. The Morgan fingerprint density at radius 3 is 1.83 bits per heavy atom. The monoisotopic (exact) mass is 832 g/mol. The molecular weight excluding hydrogens is 781 g/mol. The van der Waals surface area contributed by atoms with Crippen molar-refractivity contribution < 1.29 is 8.83 Å². The van der Waals surface area contributed by atoms with E-state index in [2.05, 4.69) is 197 Å².